The lowest BCUT2D eigenvalue weighted by Gasteiger charge is -2.11. The standard InChI is InChI=1S/C15H18N2O/c1-2-6-15-14(5-1)12(11-17-15)10-16-8-7-13-4-3-9-18-13/h1-6,9,12,16-17H,7-8,10-11H2. The lowest BCUT2D eigenvalue weighted by molar-refractivity contribution is 0.495. The van der Waals surface area contributed by atoms with E-state index in [1.165, 1.54) is 11.3 Å². The molecule has 0 saturated heterocycles. The van der Waals surface area contributed by atoms with Crippen molar-refractivity contribution in [3.63, 3.8) is 0 Å². The number of anilines is 1. The predicted octanol–water partition coefficient (Wildman–Crippen LogP) is 2.62. The number of benzene rings is 1. The second-order valence-corrected chi connectivity index (χ2v) is 4.70. The van der Waals surface area contributed by atoms with Gasteiger partial charge in [0.05, 0.1) is 6.26 Å². The summed E-state index contributed by atoms with van der Waals surface area (Å²) in [5.41, 5.74) is 2.72. The topological polar surface area (TPSA) is 37.2 Å². The summed E-state index contributed by atoms with van der Waals surface area (Å²) in [7, 11) is 0. The largest absolute Gasteiger partial charge is 0.469 e. The van der Waals surface area contributed by atoms with Crippen molar-refractivity contribution in [2.75, 3.05) is 25.0 Å². The van der Waals surface area contributed by atoms with Crippen LogP contribution in [0.3, 0.4) is 0 Å². The van der Waals surface area contributed by atoms with Gasteiger partial charge >= 0.3 is 0 Å². The van der Waals surface area contributed by atoms with Gasteiger partial charge in [-0.25, -0.2) is 0 Å². The third kappa shape index (κ3) is 2.41. The van der Waals surface area contributed by atoms with Crippen LogP contribution in [0.15, 0.2) is 47.1 Å². The molecular formula is C15H18N2O. The van der Waals surface area contributed by atoms with Gasteiger partial charge < -0.3 is 15.1 Å². The zero-order chi connectivity index (χ0) is 12.2. The minimum Gasteiger partial charge on any atom is -0.469 e. The highest BCUT2D eigenvalue weighted by Crippen LogP contribution is 2.30. The van der Waals surface area contributed by atoms with Crippen LogP contribution in [0.2, 0.25) is 0 Å². The summed E-state index contributed by atoms with van der Waals surface area (Å²) in [5, 5.41) is 6.95. The van der Waals surface area contributed by atoms with E-state index in [0.29, 0.717) is 5.92 Å². The zero-order valence-corrected chi connectivity index (χ0v) is 10.4. The summed E-state index contributed by atoms with van der Waals surface area (Å²) < 4.78 is 5.31. The lowest BCUT2D eigenvalue weighted by atomic mass is 10.0. The molecule has 0 amide bonds. The van der Waals surface area contributed by atoms with Gasteiger partial charge in [-0.1, -0.05) is 18.2 Å². The molecule has 2 aromatic rings. The third-order valence-electron chi connectivity index (χ3n) is 3.46. The van der Waals surface area contributed by atoms with Gasteiger partial charge in [0.25, 0.3) is 0 Å². The van der Waals surface area contributed by atoms with E-state index in [1.54, 1.807) is 6.26 Å². The van der Waals surface area contributed by atoms with Crippen LogP contribution in [0.5, 0.6) is 0 Å². The highest BCUT2D eigenvalue weighted by atomic mass is 16.3. The van der Waals surface area contributed by atoms with E-state index in [2.05, 4.69) is 34.9 Å². The lowest BCUT2D eigenvalue weighted by Crippen LogP contribution is -2.24. The van der Waals surface area contributed by atoms with Crippen LogP contribution < -0.4 is 10.6 Å². The molecule has 0 fully saturated rings. The van der Waals surface area contributed by atoms with Crippen LogP contribution in [0.1, 0.15) is 17.2 Å². The number of nitrogens with one attached hydrogen (secondary N) is 2. The monoisotopic (exact) mass is 242 g/mol. The van der Waals surface area contributed by atoms with Crippen molar-refractivity contribution in [1.29, 1.82) is 0 Å². The Balaban J connectivity index is 1.47. The Labute approximate surface area is 107 Å². The number of rotatable bonds is 5. The first-order valence-electron chi connectivity index (χ1n) is 6.49. The van der Waals surface area contributed by atoms with Crippen LogP contribution in [-0.2, 0) is 6.42 Å². The minimum absolute atomic E-state index is 0.581. The number of para-hydroxylation sites is 1. The molecule has 0 aliphatic carbocycles. The van der Waals surface area contributed by atoms with Crippen molar-refractivity contribution < 1.29 is 4.42 Å². The molecule has 1 atom stereocenters. The molecule has 0 radical (unpaired) electrons. The maximum Gasteiger partial charge on any atom is 0.105 e. The van der Waals surface area contributed by atoms with E-state index in [0.717, 1.165) is 31.8 Å². The summed E-state index contributed by atoms with van der Waals surface area (Å²) in [6.45, 7) is 3.02. The van der Waals surface area contributed by atoms with Crippen molar-refractivity contribution in [3.05, 3.63) is 54.0 Å². The Morgan fingerprint density at radius 2 is 2.17 bits per heavy atom. The highest BCUT2D eigenvalue weighted by molar-refractivity contribution is 5.57. The maximum absolute atomic E-state index is 5.31. The predicted molar refractivity (Wildman–Crippen MR) is 73.0 cm³/mol. The summed E-state index contributed by atoms with van der Waals surface area (Å²) in [5.74, 6) is 1.63. The summed E-state index contributed by atoms with van der Waals surface area (Å²) >= 11 is 0. The van der Waals surface area contributed by atoms with Crippen LogP contribution in [0.4, 0.5) is 5.69 Å². The number of furan rings is 1. The maximum atomic E-state index is 5.31. The number of hydrogen-bond acceptors (Lipinski definition) is 3. The highest BCUT2D eigenvalue weighted by Gasteiger charge is 2.20. The van der Waals surface area contributed by atoms with Gasteiger partial charge in [-0.15, -0.1) is 0 Å². The SMILES string of the molecule is c1coc(CCNCC2CNc3ccccc32)c1. The summed E-state index contributed by atoms with van der Waals surface area (Å²) in [6, 6.07) is 12.5. The first-order valence-corrected chi connectivity index (χ1v) is 6.49. The van der Waals surface area contributed by atoms with E-state index in [4.69, 9.17) is 4.42 Å². The normalized spacial score (nSPS) is 17.4. The van der Waals surface area contributed by atoms with Crippen molar-refractivity contribution in [2.45, 2.75) is 12.3 Å². The van der Waals surface area contributed by atoms with Gasteiger partial charge in [0.1, 0.15) is 5.76 Å². The molecule has 1 unspecified atom stereocenters. The molecule has 1 aliphatic heterocycles. The number of hydrogen-bond donors (Lipinski definition) is 2. The zero-order valence-electron chi connectivity index (χ0n) is 10.4. The molecule has 3 nitrogen and oxygen atoms in total. The fourth-order valence-electron chi connectivity index (χ4n) is 2.48. The number of fused-ring (bicyclic) bond motifs is 1. The molecule has 1 aromatic carbocycles. The molecule has 0 spiro atoms. The second-order valence-electron chi connectivity index (χ2n) is 4.70. The molecule has 0 bridgehead atoms. The van der Waals surface area contributed by atoms with Crippen LogP contribution in [0.25, 0.3) is 0 Å². The molecule has 1 aromatic heterocycles. The second kappa shape index (κ2) is 5.27. The van der Waals surface area contributed by atoms with Gasteiger partial charge in [-0.2, -0.15) is 0 Å². The fraction of sp³-hybridized carbons (Fsp3) is 0.333. The van der Waals surface area contributed by atoms with Crippen LogP contribution in [0, 0.1) is 0 Å². The van der Waals surface area contributed by atoms with Crippen molar-refractivity contribution in [1.82, 2.24) is 5.32 Å². The van der Waals surface area contributed by atoms with Crippen molar-refractivity contribution >= 4 is 5.69 Å². The molecule has 18 heavy (non-hydrogen) atoms. The first-order chi connectivity index (χ1) is 8.93. The van der Waals surface area contributed by atoms with Crippen LogP contribution >= 0.6 is 0 Å². The molecule has 2 N–H and O–H groups in total. The first kappa shape index (κ1) is 11.4. The van der Waals surface area contributed by atoms with E-state index in [9.17, 15) is 0 Å². The Morgan fingerprint density at radius 1 is 1.22 bits per heavy atom. The van der Waals surface area contributed by atoms with Crippen molar-refractivity contribution in [2.24, 2.45) is 0 Å². The average Bonchev–Trinajstić information content (AvgIpc) is 3.04. The third-order valence-corrected chi connectivity index (χ3v) is 3.46. The Kier molecular flexibility index (Phi) is 3.33. The van der Waals surface area contributed by atoms with Crippen molar-refractivity contribution in [3.8, 4) is 0 Å². The van der Waals surface area contributed by atoms with Crippen LogP contribution in [-0.4, -0.2) is 19.6 Å². The molecule has 3 heteroatoms. The minimum atomic E-state index is 0.581. The Morgan fingerprint density at radius 3 is 3.06 bits per heavy atom. The van der Waals surface area contributed by atoms with E-state index >= 15 is 0 Å². The van der Waals surface area contributed by atoms with E-state index in [1.807, 2.05) is 12.1 Å². The van der Waals surface area contributed by atoms with Gasteiger partial charge in [-0.3, -0.25) is 0 Å². The van der Waals surface area contributed by atoms with Gasteiger partial charge in [-0.05, 0) is 23.8 Å². The molecule has 3 rings (SSSR count). The summed E-state index contributed by atoms with van der Waals surface area (Å²) in [6.07, 6.45) is 2.68. The fourth-order valence-corrected chi connectivity index (χ4v) is 2.48. The molecule has 94 valence electrons. The summed E-state index contributed by atoms with van der Waals surface area (Å²) in [4.78, 5) is 0. The molecule has 1 aliphatic rings. The van der Waals surface area contributed by atoms with Gasteiger partial charge in [0, 0.05) is 37.7 Å². The Hall–Kier alpha value is -1.74. The molecular weight excluding hydrogens is 224 g/mol. The van der Waals surface area contributed by atoms with E-state index < -0.39 is 0 Å². The average molecular weight is 242 g/mol. The smallest absolute Gasteiger partial charge is 0.105 e. The Bertz CT molecular complexity index is 493. The molecule has 2 heterocycles. The molecule has 0 saturated carbocycles. The van der Waals surface area contributed by atoms with E-state index in [-0.39, 0.29) is 0 Å². The van der Waals surface area contributed by atoms with Gasteiger partial charge in [0.2, 0.25) is 0 Å². The quantitative estimate of drug-likeness (QED) is 0.791. The van der Waals surface area contributed by atoms with Gasteiger partial charge in [0.15, 0.2) is 0 Å².